The van der Waals surface area contributed by atoms with E-state index >= 15 is 0 Å². The summed E-state index contributed by atoms with van der Waals surface area (Å²) in [5, 5.41) is 2.96. The normalized spacial score (nSPS) is 10.5. The Hall–Kier alpha value is -2.53. The summed E-state index contributed by atoms with van der Waals surface area (Å²) in [5.41, 5.74) is 3.38. The van der Waals surface area contributed by atoms with E-state index < -0.39 is 0 Å². The molecule has 0 bridgehead atoms. The van der Waals surface area contributed by atoms with Crippen LogP contribution in [0.4, 0.5) is 0 Å². The first-order chi connectivity index (χ1) is 11.8. The Morgan fingerprint density at radius 1 is 1.04 bits per heavy atom. The number of thioether (sulfide) groups is 1. The van der Waals surface area contributed by atoms with Crippen molar-refractivity contribution in [2.24, 2.45) is 0 Å². The summed E-state index contributed by atoms with van der Waals surface area (Å²) in [4.78, 5) is 16.0. The first kappa shape index (κ1) is 16.3. The second-order valence-electron chi connectivity index (χ2n) is 5.39. The van der Waals surface area contributed by atoms with E-state index in [1.165, 1.54) is 5.56 Å². The fraction of sp³-hybridized carbons (Fsp3) is 0.158. The third kappa shape index (κ3) is 4.73. The second-order valence-corrected chi connectivity index (χ2v) is 6.38. The number of nitrogens with one attached hydrogen (secondary N) is 1. The highest BCUT2D eigenvalue weighted by molar-refractivity contribution is 7.99. The molecule has 1 amide bonds. The van der Waals surface area contributed by atoms with Gasteiger partial charge in [0.15, 0.2) is 0 Å². The molecule has 1 heterocycles. The SMILES string of the molecule is O=C(CSCc1ccccc1)NCc1ccc(-n2ccnc2)cc1. The van der Waals surface area contributed by atoms with E-state index in [1.54, 1.807) is 24.3 Å². The van der Waals surface area contributed by atoms with E-state index in [4.69, 9.17) is 0 Å². The number of hydrogen-bond acceptors (Lipinski definition) is 3. The van der Waals surface area contributed by atoms with Crippen molar-refractivity contribution in [1.29, 1.82) is 0 Å². The third-order valence-electron chi connectivity index (χ3n) is 3.57. The number of amides is 1. The van der Waals surface area contributed by atoms with Gasteiger partial charge >= 0.3 is 0 Å². The van der Waals surface area contributed by atoms with Crippen LogP contribution in [0.5, 0.6) is 0 Å². The largest absolute Gasteiger partial charge is 0.351 e. The van der Waals surface area contributed by atoms with Crippen molar-refractivity contribution >= 4 is 17.7 Å². The van der Waals surface area contributed by atoms with Gasteiger partial charge in [-0.3, -0.25) is 4.79 Å². The number of carbonyl (C=O) groups is 1. The predicted octanol–water partition coefficient (Wildman–Crippen LogP) is 3.42. The number of aromatic nitrogens is 2. The Morgan fingerprint density at radius 2 is 1.83 bits per heavy atom. The van der Waals surface area contributed by atoms with E-state index in [0.29, 0.717) is 12.3 Å². The molecule has 0 aliphatic heterocycles. The Morgan fingerprint density at radius 3 is 2.54 bits per heavy atom. The van der Waals surface area contributed by atoms with E-state index in [0.717, 1.165) is 17.0 Å². The van der Waals surface area contributed by atoms with Crippen molar-refractivity contribution in [3.8, 4) is 5.69 Å². The monoisotopic (exact) mass is 337 g/mol. The molecule has 0 aliphatic rings. The van der Waals surface area contributed by atoms with Crippen LogP contribution in [-0.2, 0) is 17.1 Å². The molecule has 1 N–H and O–H groups in total. The van der Waals surface area contributed by atoms with Crippen molar-refractivity contribution in [2.75, 3.05) is 5.75 Å². The average Bonchev–Trinajstić information content (AvgIpc) is 3.16. The highest BCUT2D eigenvalue weighted by atomic mass is 32.2. The Kier molecular flexibility index (Phi) is 5.69. The van der Waals surface area contributed by atoms with Gasteiger partial charge in [0.05, 0.1) is 12.1 Å². The summed E-state index contributed by atoms with van der Waals surface area (Å²) in [6.07, 6.45) is 5.42. The molecular formula is C19H19N3OS. The Labute approximate surface area is 145 Å². The summed E-state index contributed by atoms with van der Waals surface area (Å²) in [5.74, 6) is 1.39. The minimum Gasteiger partial charge on any atom is -0.351 e. The molecule has 0 radical (unpaired) electrons. The maximum atomic E-state index is 11.9. The Bertz CT molecular complexity index is 755. The smallest absolute Gasteiger partial charge is 0.230 e. The lowest BCUT2D eigenvalue weighted by molar-refractivity contribution is -0.118. The van der Waals surface area contributed by atoms with Crippen LogP contribution in [0.15, 0.2) is 73.3 Å². The summed E-state index contributed by atoms with van der Waals surface area (Å²) < 4.78 is 1.95. The maximum absolute atomic E-state index is 11.9. The molecule has 0 fully saturated rings. The molecule has 0 aliphatic carbocycles. The molecule has 0 saturated carbocycles. The van der Waals surface area contributed by atoms with Crippen molar-refractivity contribution in [2.45, 2.75) is 12.3 Å². The molecule has 3 aromatic rings. The molecule has 4 nitrogen and oxygen atoms in total. The molecule has 0 unspecified atom stereocenters. The molecule has 0 saturated heterocycles. The number of imidazole rings is 1. The number of benzene rings is 2. The molecular weight excluding hydrogens is 318 g/mol. The fourth-order valence-corrected chi connectivity index (χ4v) is 3.10. The van der Waals surface area contributed by atoms with Crippen LogP contribution in [0.2, 0.25) is 0 Å². The molecule has 0 atom stereocenters. The lowest BCUT2D eigenvalue weighted by atomic mass is 10.2. The molecule has 2 aromatic carbocycles. The summed E-state index contributed by atoms with van der Waals surface area (Å²) in [7, 11) is 0. The van der Waals surface area contributed by atoms with Crippen molar-refractivity contribution in [3.05, 3.63) is 84.4 Å². The zero-order chi connectivity index (χ0) is 16.6. The van der Waals surface area contributed by atoms with Crippen LogP contribution in [0.3, 0.4) is 0 Å². The number of rotatable bonds is 7. The van der Waals surface area contributed by atoms with Gasteiger partial charge in [0.2, 0.25) is 5.91 Å². The molecule has 5 heteroatoms. The van der Waals surface area contributed by atoms with Crippen molar-refractivity contribution < 1.29 is 4.79 Å². The van der Waals surface area contributed by atoms with Gasteiger partial charge in [-0.15, -0.1) is 11.8 Å². The molecule has 0 spiro atoms. The summed E-state index contributed by atoms with van der Waals surface area (Å²) in [6.45, 7) is 0.551. The maximum Gasteiger partial charge on any atom is 0.230 e. The van der Waals surface area contributed by atoms with Crippen LogP contribution < -0.4 is 5.32 Å². The van der Waals surface area contributed by atoms with E-state index in [1.807, 2.05) is 53.2 Å². The first-order valence-electron chi connectivity index (χ1n) is 7.77. The van der Waals surface area contributed by atoms with E-state index in [2.05, 4.69) is 22.4 Å². The minimum absolute atomic E-state index is 0.0645. The van der Waals surface area contributed by atoms with Gasteiger partial charge in [-0.05, 0) is 23.3 Å². The minimum atomic E-state index is 0.0645. The van der Waals surface area contributed by atoms with Crippen LogP contribution >= 0.6 is 11.8 Å². The highest BCUT2D eigenvalue weighted by Gasteiger charge is 2.03. The van der Waals surface area contributed by atoms with Crippen molar-refractivity contribution in [1.82, 2.24) is 14.9 Å². The standard InChI is InChI=1S/C19H19N3OS/c23-19(14-24-13-17-4-2-1-3-5-17)21-12-16-6-8-18(9-7-16)22-11-10-20-15-22/h1-11,15H,12-14H2,(H,21,23). The lowest BCUT2D eigenvalue weighted by Gasteiger charge is -2.07. The van der Waals surface area contributed by atoms with E-state index in [-0.39, 0.29) is 5.91 Å². The zero-order valence-electron chi connectivity index (χ0n) is 13.3. The zero-order valence-corrected chi connectivity index (χ0v) is 14.1. The van der Waals surface area contributed by atoms with Crippen LogP contribution in [0.1, 0.15) is 11.1 Å². The quantitative estimate of drug-likeness (QED) is 0.718. The van der Waals surface area contributed by atoms with Crippen molar-refractivity contribution in [3.63, 3.8) is 0 Å². The molecule has 122 valence electrons. The first-order valence-corrected chi connectivity index (χ1v) is 8.92. The summed E-state index contributed by atoms with van der Waals surface area (Å²) >= 11 is 1.63. The molecule has 24 heavy (non-hydrogen) atoms. The number of hydrogen-bond donors (Lipinski definition) is 1. The average molecular weight is 337 g/mol. The molecule has 1 aromatic heterocycles. The van der Waals surface area contributed by atoms with Gasteiger partial charge in [-0.25, -0.2) is 4.98 Å². The fourth-order valence-electron chi connectivity index (χ4n) is 2.29. The van der Waals surface area contributed by atoms with Gasteiger partial charge in [0.1, 0.15) is 0 Å². The second kappa shape index (κ2) is 8.36. The third-order valence-corrected chi connectivity index (χ3v) is 4.58. The van der Waals surface area contributed by atoms with Gasteiger partial charge in [0.25, 0.3) is 0 Å². The highest BCUT2D eigenvalue weighted by Crippen LogP contribution is 2.12. The van der Waals surface area contributed by atoms with Gasteiger partial charge in [0, 0.05) is 30.4 Å². The number of carbonyl (C=O) groups excluding carboxylic acids is 1. The van der Waals surface area contributed by atoms with E-state index in [9.17, 15) is 4.79 Å². The van der Waals surface area contributed by atoms with Gasteiger partial charge in [-0.2, -0.15) is 0 Å². The summed E-state index contributed by atoms with van der Waals surface area (Å²) in [6, 6.07) is 18.3. The van der Waals surface area contributed by atoms with Crippen LogP contribution in [0.25, 0.3) is 5.69 Å². The number of nitrogens with zero attached hydrogens (tertiary/aromatic N) is 2. The Balaban J connectivity index is 1.41. The van der Waals surface area contributed by atoms with Gasteiger partial charge < -0.3 is 9.88 Å². The lowest BCUT2D eigenvalue weighted by Crippen LogP contribution is -2.24. The molecule has 3 rings (SSSR count). The van der Waals surface area contributed by atoms with Gasteiger partial charge in [-0.1, -0.05) is 42.5 Å². The van der Waals surface area contributed by atoms with Crippen LogP contribution in [0, 0.1) is 0 Å². The van der Waals surface area contributed by atoms with Crippen LogP contribution in [-0.4, -0.2) is 21.2 Å². The predicted molar refractivity (Wildman–Crippen MR) is 98.0 cm³/mol. The topological polar surface area (TPSA) is 46.9 Å².